The van der Waals surface area contributed by atoms with Crippen molar-refractivity contribution in [2.45, 2.75) is 44.0 Å². The van der Waals surface area contributed by atoms with E-state index >= 15 is 0 Å². The van der Waals surface area contributed by atoms with Gasteiger partial charge in [0.1, 0.15) is 11.6 Å². The predicted octanol–water partition coefficient (Wildman–Crippen LogP) is 2.55. The average molecular weight is 297 g/mol. The number of nitrogens with one attached hydrogen (secondary N) is 1. The van der Waals surface area contributed by atoms with E-state index in [2.05, 4.69) is 5.32 Å². The van der Waals surface area contributed by atoms with E-state index in [0.29, 0.717) is 18.6 Å². The van der Waals surface area contributed by atoms with Gasteiger partial charge in [-0.15, -0.1) is 0 Å². The Balaban J connectivity index is 1.47. The molecule has 1 aliphatic carbocycles. The third kappa shape index (κ3) is 3.25. The lowest BCUT2D eigenvalue weighted by Crippen LogP contribution is -2.31. The molecule has 2 aliphatic rings. The summed E-state index contributed by atoms with van der Waals surface area (Å²) < 4.78 is 33.0. The summed E-state index contributed by atoms with van der Waals surface area (Å²) in [5.74, 6) is -0.752. The van der Waals surface area contributed by atoms with Crippen LogP contribution in [0.3, 0.4) is 0 Å². The predicted molar refractivity (Wildman–Crippen MR) is 74.8 cm³/mol. The fraction of sp³-hybridized carbons (Fsp3) is 0.625. The Kier molecular flexibility index (Phi) is 4.52. The van der Waals surface area contributed by atoms with Crippen LogP contribution in [0.25, 0.3) is 0 Å². The second-order valence-corrected chi connectivity index (χ2v) is 6.03. The van der Waals surface area contributed by atoms with Gasteiger partial charge in [0.25, 0.3) is 0 Å². The zero-order valence-electron chi connectivity index (χ0n) is 11.9. The molecule has 1 saturated heterocycles. The van der Waals surface area contributed by atoms with Crippen LogP contribution >= 0.6 is 0 Å². The van der Waals surface area contributed by atoms with E-state index in [0.717, 1.165) is 25.0 Å². The molecule has 2 fully saturated rings. The number of ether oxygens (including phenoxy) is 1. The number of fused-ring (bicyclic) bond motifs is 1. The van der Waals surface area contributed by atoms with E-state index in [4.69, 9.17) is 4.74 Å². The van der Waals surface area contributed by atoms with Gasteiger partial charge in [-0.2, -0.15) is 0 Å². The van der Waals surface area contributed by atoms with Crippen LogP contribution < -0.4 is 5.32 Å². The van der Waals surface area contributed by atoms with Gasteiger partial charge in [0.15, 0.2) is 0 Å². The quantitative estimate of drug-likeness (QED) is 0.877. The molecule has 21 heavy (non-hydrogen) atoms. The summed E-state index contributed by atoms with van der Waals surface area (Å²) >= 11 is 0. The molecule has 1 saturated carbocycles. The van der Waals surface area contributed by atoms with E-state index in [1.807, 2.05) is 0 Å². The monoisotopic (exact) mass is 297 g/mol. The fourth-order valence-corrected chi connectivity index (χ4v) is 3.54. The number of aliphatic hydroxyl groups excluding tert-OH is 1. The van der Waals surface area contributed by atoms with Gasteiger partial charge >= 0.3 is 0 Å². The first-order valence-electron chi connectivity index (χ1n) is 7.63. The number of hydrogen-bond acceptors (Lipinski definition) is 3. The third-order valence-electron chi connectivity index (χ3n) is 4.56. The Morgan fingerprint density at radius 2 is 2.05 bits per heavy atom. The highest BCUT2D eigenvalue weighted by Gasteiger charge is 2.37. The van der Waals surface area contributed by atoms with Crippen LogP contribution in [0.1, 0.15) is 37.4 Å². The number of aliphatic hydroxyl groups is 1. The Morgan fingerprint density at radius 1 is 1.29 bits per heavy atom. The molecular weight excluding hydrogens is 276 g/mol. The van der Waals surface area contributed by atoms with Crippen LogP contribution in [0.15, 0.2) is 18.2 Å². The summed E-state index contributed by atoms with van der Waals surface area (Å²) in [7, 11) is 0. The Morgan fingerprint density at radius 3 is 2.76 bits per heavy atom. The summed E-state index contributed by atoms with van der Waals surface area (Å²) in [5.41, 5.74) is -0.269. The first-order chi connectivity index (χ1) is 10.1. The van der Waals surface area contributed by atoms with E-state index < -0.39 is 17.7 Å². The number of hydrogen-bond donors (Lipinski definition) is 2. The van der Waals surface area contributed by atoms with Crippen molar-refractivity contribution in [3.05, 3.63) is 35.4 Å². The minimum absolute atomic E-state index is 0.118. The minimum atomic E-state index is -1.19. The topological polar surface area (TPSA) is 41.5 Å². The number of benzene rings is 1. The highest BCUT2D eigenvalue weighted by molar-refractivity contribution is 5.22. The Hall–Kier alpha value is -1.04. The maximum Gasteiger partial charge on any atom is 0.131 e. The average Bonchev–Trinajstić information content (AvgIpc) is 2.99. The first-order valence-corrected chi connectivity index (χ1v) is 7.63. The van der Waals surface area contributed by atoms with Gasteiger partial charge in [-0.1, -0.05) is 12.5 Å². The van der Waals surface area contributed by atoms with Crippen LogP contribution in [-0.4, -0.2) is 30.4 Å². The van der Waals surface area contributed by atoms with Crippen molar-refractivity contribution in [3.63, 3.8) is 0 Å². The molecule has 2 N–H and O–H groups in total. The van der Waals surface area contributed by atoms with Gasteiger partial charge in [-0.3, -0.25) is 0 Å². The summed E-state index contributed by atoms with van der Waals surface area (Å²) in [6, 6.07) is 3.60. The van der Waals surface area contributed by atoms with Gasteiger partial charge in [-0.05, 0) is 37.3 Å². The lowest BCUT2D eigenvalue weighted by Gasteiger charge is -2.17. The van der Waals surface area contributed by atoms with Crippen molar-refractivity contribution >= 4 is 0 Å². The lowest BCUT2D eigenvalue weighted by molar-refractivity contribution is 0.0394. The van der Waals surface area contributed by atoms with Crippen LogP contribution in [0.5, 0.6) is 0 Å². The van der Waals surface area contributed by atoms with Crippen LogP contribution in [0, 0.1) is 17.6 Å². The van der Waals surface area contributed by atoms with Crippen LogP contribution in [0.2, 0.25) is 0 Å². The zero-order valence-corrected chi connectivity index (χ0v) is 11.9. The van der Waals surface area contributed by atoms with E-state index in [1.165, 1.54) is 18.9 Å². The van der Waals surface area contributed by atoms with Crippen molar-refractivity contribution in [3.8, 4) is 0 Å². The molecule has 1 aromatic carbocycles. The van der Waals surface area contributed by atoms with Gasteiger partial charge in [0.2, 0.25) is 0 Å². The van der Waals surface area contributed by atoms with Crippen molar-refractivity contribution in [2.75, 3.05) is 13.1 Å². The Labute approximate surface area is 123 Å². The molecule has 1 heterocycles. The molecule has 3 nitrogen and oxygen atoms in total. The minimum Gasteiger partial charge on any atom is -0.387 e. The molecule has 1 aromatic rings. The fourth-order valence-electron chi connectivity index (χ4n) is 3.54. The standard InChI is InChI=1S/C16H21F2NO2/c17-12-4-2-5-13(18)16(12)14(20)9-19-8-11-7-10-3-1-6-15(10)21-11/h2,4-5,10-11,14-15,19-20H,1,3,6-9H2. The summed E-state index contributed by atoms with van der Waals surface area (Å²) in [5, 5.41) is 13.0. The maximum absolute atomic E-state index is 13.5. The second-order valence-electron chi connectivity index (χ2n) is 6.03. The van der Waals surface area contributed by atoms with Crippen LogP contribution in [-0.2, 0) is 4.74 Å². The zero-order chi connectivity index (χ0) is 14.8. The third-order valence-corrected chi connectivity index (χ3v) is 4.56. The lowest BCUT2D eigenvalue weighted by atomic mass is 10.0. The summed E-state index contributed by atoms with van der Waals surface area (Å²) in [6.45, 7) is 0.729. The molecule has 0 bridgehead atoms. The maximum atomic E-state index is 13.5. The number of rotatable bonds is 5. The Bertz CT molecular complexity index is 465. The molecule has 3 rings (SSSR count). The van der Waals surface area contributed by atoms with Crippen molar-refractivity contribution in [1.82, 2.24) is 5.32 Å². The molecular formula is C16H21F2NO2. The molecule has 4 unspecified atom stereocenters. The summed E-state index contributed by atoms with van der Waals surface area (Å²) in [6.07, 6.45) is 4.03. The molecule has 5 heteroatoms. The van der Waals surface area contributed by atoms with E-state index in [-0.39, 0.29) is 18.2 Å². The normalized spacial score (nSPS) is 29.6. The van der Waals surface area contributed by atoms with Crippen molar-refractivity contribution in [1.29, 1.82) is 0 Å². The first kappa shape index (κ1) is 14.9. The van der Waals surface area contributed by atoms with Crippen molar-refractivity contribution < 1.29 is 18.6 Å². The molecule has 4 atom stereocenters. The van der Waals surface area contributed by atoms with Crippen molar-refractivity contribution in [2.24, 2.45) is 5.92 Å². The molecule has 0 radical (unpaired) electrons. The molecule has 0 aromatic heterocycles. The summed E-state index contributed by atoms with van der Waals surface area (Å²) in [4.78, 5) is 0. The highest BCUT2D eigenvalue weighted by atomic mass is 19.1. The second kappa shape index (κ2) is 6.38. The smallest absolute Gasteiger partial charge is 0.131 e. The largest absolute Gasteiger partial charge is 0.387 e. The van der Waals surface area contributed by atoms with Gasteiger partial charge in [-0.25, -0.2) is 8.78 Å². The van der Waals surface area contributed by atoms with Gasteiger partial charge in [0, 0.05) is 13.1 Å². The van der Waals surface area contributed by atoms with Gasteiger partial charge < -0.3 is 15.2 Å². The number of halogens is 2. The molecule has 0 spiro atoms. The molecule has 1 aliphatic heterocycles. The molecule has 0 amide bonds. The van der Waals surface area contributed by atoms with Crippen LogP contribution in [0.4, 0.5) is 8.78 Å². The van der Waals surface area contributed by atoms with E-state index in [9.17, 15) is 13.9 Å². The SMILES string of the molecule is OC(CNCC1CC2CCCC2O1)c1c(F)cccc1F. The molecule has 116 valence electrons. The highest BCUT2D eigenvalue weighted by Crippen LogP contribution is 2.38. The van der Waals surface area contributed by atoms with Gasteiger partial charge in [0.05, 0.1) is 23.9 Å². The van der Waals surface area contributed by atoms with E-state index in [1.54, 1.807) is 0 Å².